The van der Waals surface area contributed by atoms with Crippen molar-refractivity contribution in [2.75, 3.05) is 45.9 Å². The van der Waals surface area contributed by atoms with Crippen LogP contribution in [0.15, 0.2) is 0 Å². The molecule has 0 bridgehead atoms. The number of hydrogen-bond donors (Lipinski definition) is 0. The average Bonchev–Trinajstić information content (AvgIpc) is 3.17. The fraction of sp³-hybridized carbons (Fsp3) is 0.958. The van der Waals surface area contributed by atoms with Crippen LogP contribution in [-0.4, -0.2) is 73.7 Å². The minimum atomic E-state index is -0.00752. The number of carbonyl (C=O) groups is 2. The Morgan fingerprint density at radius 1 is 0.389 bits per heavy atom. The van der Waals surface area contributed by atoms with Crippen LogP contribution in [0.3, 0.4) is 0 Å². The van der Waals surface area contributed by atoms with Gasteiger partial charge in [0.05, 0.1) is 6.61 Å². The number of rotatable bonds is 44. The van der Waals surface area contributed by atoms with Gasteiger partial charge in [0.1, 0.15) is 6.10 Å². The summed E-state index contributed by atoms with van der Waals surface area (Å²) >= 11 is 0. The van der Waals surface area contributed by atoms with E-state index in [1.165, 1.54) is 141 Å². The summed E-state index contributed by atoms with van der Waals surface area (Å²) in [6.45, 7) is 18.6. The molecule has 0 fully saturated rings. The minimum absolute atomic E-state index is 0.00752. The molecule has 0 spiro atoms. The summed E-state index contributed by atoms with van der Waals surface area (Å²) in [7, 11) is 0. The Morgan fingerprint density at radius 3 is 1.22 bits per heavy atom. The monoisotopic (exact) mass is 765 g/mol. The second-order valence-corrected chi connectivity index (χ2v) is 16.5. The minimum Gasteiger partial charge on any atom is -0.466 e. The molecule has 0 aliphatic carbocycles. The molecule has 0 unspecified atom stereocenters. The zero-order chi connectivity index (χ0) is 39.6. The summed E-state index contributed by atoms with van der Waals surface area (Å²) in [5.41, 5.74) is 0. The van der Waals surface area contributed by atoms with E-state index in [4.69, 9.17) is 9.47 Å². The summed E-state index contributed by atoms with van der Waals surface area (Å²) in [5.74, 6) is 0.0278. The van der Waals surface area contributed by atoms with E-state index in [1.54, 1.807) is 0 Å². The van der Waals surface area contributed by atoms with Crippen LogP contribution in [0.1, 0.15) is 247 Å². The number of hydrogen-bond acceptors (Lipinski definition) is 6. The van der Waals surface area contributed by atoms with E-state index in [0.29, 0.717) is 19.4 Å². The molecule has 0 atom stereocenters. The molecule has 0 amide bonds. The van der Waals surface area contributed by atoms with Gasteiger partial charge in [-0.1, -0.05) is 169 Å². The fourth-order valence-electron chi connectivity index (χ4n) is 7.56. The van der Waals surface area contributed by atoms with Gasteiger partial charge in [0.15, 0.2) is 0 Å². The normalized spacial score (nSPS) is 11.7. The van der Waals surface area contributed by atoms with Gasteiger partial charge in [-0.25, -0.2) is 0 Å². The Kier molecular flexibility index (Phi) is 42.1. The predicted octanol–water partition coefficient (Wildman–Crippen LogP) is 14.0. The fourth-order valence-corrected chi connectivity index (χ4v) is 7.56. The highest BCUT2D eigenvalue weighted by Crippen LogP contribution is 2.18. The second-order valence-electron chi connectivity index (χ2n) is 16.5. The first-order chi connectivity index (χ1) is 26.5. The molecule has 0 aromatic heterocycles. The molecule has 0 rings (SSSR count). The Balaban J connectivity index is 4.27. The van der Waals surface area contributed by atoms with E-state index < -0.39 is 0 Å². The van der Waals surface area contributed by atoms with Crippen molar-refractivity contribution >= 4 is 11.9 Å². The highest BCUT2D eigenvalue weighted by molar-refractivity contribution is 5.69. The van der Waals surface area contributed by atoms with Crippen molar-refractivity contribution in [2.45, 2.75) is 253 Å². The lowest BCUT2D eigenvalue weighted by Crippen LogP contribution is -2.36. The van der Waals surface area contributed by atoms with Gasteiger partial charge in [0, 0.05) is 25.9 Å². The van der Waals surface area contributed by atoms with Gasteiger partial charge in [0.2, 0.25) is 0 Å². The third-order valence-electron chi connectivity index (χ3n) is 11.4. The lowest BCUT2D eigenvalue weighted by molar-refractivity contribution is -0.150. The zero-order valence-corrected chi connectivity index (χ0v) is 37.4. The third kappa shape index (κ3) is 37.8. The van der Waals surface area contributed by atoms with Gasteiger partial charge >= 0.3 is 11.9 Å². The van der Waals surface area contributed by atoms with Crippen LogP contribution in [0.25, 0.3) is 0 Å². The zero-order valence-electron chi connectivity index (χ0n) is 37.4. The number of unbranched alkanes of at least 4 members (excludes halogenated alkanes) is 24. The lowest BCUT2D eigenvalue weighted by atomic mass is 10.0. The quantitative estimate of drug-likeness (QED) is 0.0455. The molecule has 0 heterocycles. The number of esters is 2. The van der Waals surface area contributed by atoms with Gasteiger partial charge in [-0.2, -0.15) is 0 Å². The number of carbonyl (C=O) groups excluding carboxylic acids is 2. The molecule has 0 aliphatic rings. The van der Waals surface area contributed by atoms with Crippen molar-refractivity contribution in [2.24, 2.45) is 0 Å². The van der Waals surface area contributed by atoms with Gasteiger partial charge in [-0.3, -0.25) is 9.59 Å². The van der Waals surface area contributed by atoms with Crippen molar-refractivity contribution in [3.8, 4) is 0 Å². The number of likely N-dealkylation sites (N-methyl/N-ethyl adjacent to an activating group) is 1. The molecular formula is C48H96N2O4. The molecule has 6 heteroatoms. The van der Waals surface area contributed by atoms with Gasteiger partial charge in [-0.15, -0.1) is 0 Å². The molecule has 0 saturated carbocycles. The van der Waals surface area contributed by atoms with Crippen molar-refractivity contribution in [1.82, 2.24) is 9.80 Å². The summed E-state index contributed by atoms with van der Waals surface area (Å²) in [5, 5.41) is 0. The van der Waals surface area contributed by atoms with E-state index in [9.17, 15) is 9.59 Å². The van der Waals surface area contributed by atoms with Gasteiger partial charge in [-0.05, 0) is 90.4 Å². The first kappa shape index (κ1) is 52.9. The first-order valence-electron chi connectivity index (χ1n) is 24.3. The molecule has 0 aliphatic heterocycles. The molecule has 322 valence electrons. The summed E-state index contributed by atoms with van der Waals surface area (Å²) in [6.07, 6.45) is 39.3. The van der Waals surface area contributed by atoms with Crippen molar-refractivity contribution in [1.29, 1.82) is 0 Å². The second kappa shape index (κ2) is 43.0. The Labute approximate surface area is 338 Å². The summed E-state index contributed by atoms with van der Waals surface area (Å²) < 4.78 is 11.6. The molecule has 6 nitrogen and oxygen atoms in total. The largest absolute Gasteiger partial charge is 0.466 e. The molecule has 0 aromatic rings. The number of nitrogens with zero attached hydrogens (tertiary/aromatic N) is 2. The van der Waals surface area contributed by atoms with E-state index >= 15 is 0 Å². The third-order valence-corrected chi connectivity index (χ3v) is 11.4. The topological polar surface area (TPSA) is 59.1 Å². The Hall–Kier alpha value is -1.14. The molecular weight excluding hydrogens is 669 g/mol. The van der Waals surface area contributed by atoms with Crippen LogP contribution in [0.4, 0.5) is 0 Å². The highest BCUT2D eigenvalue weighted by atomic mass is 16.5. The van der Waals surface area contributed by atoms with Crippen LogP contribution >= 0.6 is 0 Å². The van der Waals surface area contributed by atoms with E-state index in [-0.39, 0.29) is 18.0 Å². The standard InChI is InChI=1S/C48H96N2O4/c1-6-11-14-17-20-21-22-26-32-39-47(51)53-45-36-29-35-42-50(44-43-49(9-4)10-5)41-34-28-23-27-33-40-48(52)54-46(37-30-24-18-15-12-7-2)38-31-25-19-16-13-8-3/h46H,6-45H2,1-5H3. The van der Waals surface area contributed by atoms with E-state index in [1.807, 2.05) is 0 Å². The van der Waals surface area contributed by atoms with Crippen LogP contribution in [0, 0.1) is 0 Å². The first-order valence-corrected chi connectivity index (χ1v) is 24.3. The lowest BCUT2D eigenvalue weighted by Gasteiger charge is -2.26. The highest BCUT2D eigenvalue weighted by Gasteiger charge is 2.14. The summed E-state index contributed by atoms with van der Waals surface area (Å²) in [6, 6.07) is 0. The predicted molar refractivity (Wildman–Crippen MR) is 234 cm³/mol. The molecule has 0 radical (unpaired) electrons. The molecule has 0 aromatic carbocycles. The van der Waals surface area contributed by atoms with Gasteiger partial charge in [0.25, 0.3) is 0 Å². The number of ether oxygens (including phenoxy) is 2. The Bertz CT molecular complexity index is 758. The Morgan fingerprint density at radius 2 is 0.759 bits per heavy atom. The van der Waals surface area contributed by atoms with E-state index in [0.717, 1.165) is 97.1 Å². The summed E-state index contributed by atoms with van der Waals surface area (Å²) in [4.78, 5) is 30.1. The maximum absolute atomic E-state index is 12.8. The van der Waals surface area contributed by atoms with Crippen molar-refractivity contribution in [3.63, 3.8) is 0 Å². The maximum atomic E-state index is 12.8. The SMILES string of the molecule is CCCCCCCCCCCC(=O)OCCCCCN(CCCCCCCC(=O)OC(CCCCCCCC)CCCCCCCC)CCN(CC)CC. The molecule has 0 saturated heterocycles. The molecule has 0 N–H and O–H groups in total. The van der Waals surface area contributed by atoms with Crippen LogP contribution in [0.5, 0.6) is 0 Å². The molecule has 54 heavy (non-hydrogen) atoms. The maximum Gasteiger partial charge on any atom is 0.306 e. The van der Waals surface area contributed by atoms with Crippen LogP contribution in [0.2, 0.25) is 0 Å². The van der Waals surface area contributed by atoms with Crippen LogP contribution < -0.4 is 0 Å². The van der Waals surface area contributed by atoms with Crippen molar-refractivity contribution < 1.29 is 19.1 Å². The van der Waals surface area contributed by atoms with Crippen molar-refractivity contribution in [3.05, 3.63) is 0 Å². The van der Waals surface area contributed by atoms with Gasteiger partial charge < -0.3 is 19.3 Å². The smallest absolute Gasteiger partial charge is 0.306 e. The average molecular weight is 765 g/mol. The van der Waals surface area contributed by atoms with Crippen LogP contribution in [-0.2, 0) is 19.1 Å². The van der Waals surface area contributed by atoms with E-state index in [2.05, 4.69) is 44.4 Å².